The van der Waals surface area contributed by atoms with Crippen LogP contribution in [0.1, 0.15) is 26.3 Å². The van der Waals surface area contributed by atoms with Crippen LogP contribution in [0, 0.1) is 6.92 Å². The third-order valence-corrected chi connectivity index (χ3v) is 3.12. The first-order chi connectivity index (χ1) is 10.3. The Morgan fingerprint density at radius 3 is 2.36 bits per heavy atom. The fraction of sp³-hybridized carbons (Fsp3) is 0.278. The van der Waals surface area contributed by atoms with Gasteiger partial charge in [-0.3, -0.25) is 5.32 Å². The van der Waals surface area contributed by atoms with E-state index in [1.807, 2.05) is 70.2 Å². The molecule has 0 unspecified atom stereocenters. The summed E-state index contributed by atoms with van der Waals surface area (Å²) in [7, 11) is 0. The Bertz CT molecular complexity index is 673. The van der Waals surface area contributed by atoms with E-state index in [9.17, 15) is 4.79 Å². The molecule has 4 heteroatoms. The summed E-state index contributed by atoms with van der Waals surface area (Å²) in [5.41, 5.74) is 9.77. The zero-order valence-corrected chi connectivity index (χ0v) is 13.4. The number of nitrogen functional groups attached to an aromatic ring is 1. The fourth-order valence-corrected chi connectivity index (χ4v) is 2.18. The number of carbonyl (C=O) groups excluding carboxylic acids is 1. The summed E-state index contributed by atoms with van der Waals surface area (Å²) in [6.07, 6.45) is -0.508. The van der Waals surface area contributed by atoms with Crippen molar-refractivity contribution in [2.75, 3.05) is 11.1 Å². The number of nitrogens with two attached hydrogens (primary N) is 1. The lowest BCUT2D eigenvalue weighted by atomic mass is 9.99. The monoisotopic (exact) mass is 298 g/mol. The molecule has 0 atom stereocenters. The molecule has 4 nitrogen and oxygen atoms in total. The van der Waals surface area contributed by atoms with E-state index in [1.54, 1.807) is 0 Å². The van der Waals surface area contributed by atoms with Gasteiger partial charge in [0.1, 0.15) is 5.60 Å². The average molecular weight is 298 g/mol. The molecule has 0 aliphatic heterocycles. The molecular weight excluding hydrogens is 276 g/mol. The Hall–Kier alpha value is -2.49. The van der Waals surface area contributed by atoms with Crippen LogP contribution in [0.25, 0.3) is 11.1 Å². The fourth-order valence-electron chi connectivity index (χ4n) is 2.18. The molecule has 0 aliphatic carbocycles. The van der Waals surface area contributed by atoms with Gasteiger partial charge in [0.15, 0.2) is 0 Å². The molecule has 2 aromatic carbocycles. The average Bonchev–Trinajstić information content (AvgIpc) is 2.41. The molecule has 2 rings (SSSR count). The highest BCUT2D eigenvalue weighted by molar-refractivity contribution is 5.91. The second-order valence-electron chi connectivity index (χ2n) is 6.25. The minimum atomic E-state index is -0.544. The predicted molar refractivity (Wildman–Crippen MR) is 90.9 cm³/mol. The molecule has 0 saturated heterocycles. The van der Waals surface area contributed by atoms with Crippen LogP contribution in [-0.4, -0.2) is 11.7 Å². The van der Waals surface area contributed by atoms with E-state index in [-0.39, 0.29) is 0 Å². The zero-order valence-electron chi connectivity index (χ0n) is 13.4. The van der Waals surface area contributed by atoms with Crippen LogP contribution in [0.3, 0.4) is 0 Å². The lowest BCUT2D eigenvalue weighted by Gasteiger charge is -2.20. The molecule has 0 heterocycles. The summed E-state index contributed by atoms with van der Waals surface area (Å²) in [4.78, 5) is 11.9. The summed E-state index contributed by atoms with van der Waals surface area (Å²) >= 11 is 0. The first-order valence-corrected chi connectivity index (χ1v) is 7.22. The van der Waals surface area contributed by atoms with Crippen LogP contribution in [0.4, 0.5) is 16.2 Å². The standard InChI is InChI=1S/C18H22N2O2/c1-12-10-16(20-17(21)22-18(2,3)4)15(19)11-14(12)13-8-6-5-7-9-13/h5-11H,19H2,1-4H3,(H,20,21). The van der Waals surface area contributed by atoms with Gasteiger partial charge >= 0.3 is 6.09 Å². The van der Waals surface area contributed by atoms with Crippen molar-refractivity contribution in [1.29, 1.82) is 0 Å². The zero-order chi connectivity index (χ0) is 16.3. The van der Waals surface area contributed by atoms with Crippen molar-refractivity contribution in [2.45, 2.75) is 33.3 Å². The quantitative estimate of drug-likeness (QED) is 0.797. The van der Waals surface area contributed by atoms with Crippen molar-refractivity contribution in [3.63, 3.8) is 0 Å². The summed E-state index contributed by atoms with van der Waals surface area (Å²) in [5.74, 6) is 0. The molecule has 0 spiro atoms. The van der Waals surface area contributed by atoms with Gasteiger partial charge in [0.05, 0.1) is 11.4 Å². The number of rotatable bonds is 2. The maximum atomic E-state index is 11.9. The van der Waals surface area contributed by atoms with Gasteiger partial charge in [-0.15, -0.1) is 0 Å². The Morgan fingerprint density at radius 2 is 1.77 bits per heavy atom. The molecule has 0 saturated carbocycles. The van der Waals surface area contributed by atoms with Crippen molar-refractivity contribution >= 4 is 17.5 Å². The van der Waals surface area contributed by atoms with Crippen LogP contribution < -0.4 is 11.1 Å². The van der Waals surface area contributed by atoms with Crippen molar-refractivity contribution in [3.05, 3.63) is 48.0 Å². The van der Waals surface area contributed by atoms with Gasteiger partial charge in [0.25, 0.3) is 0 Å². The lowest BCUT2D eigenvalue weighted by molar-refractivity contribution is 0.0636. The molecule has 3 N–H and O–H groups in total. The van der Waals surface area contributed by atoms with Gasteiger partial charge in [-0.2, -0.15) is 0 Å². The Balaban J connectivity index is 2.26. The summed E-state index contributed by atoms with van der Waals surface area (Å²) in [6.45, 7) is 7.45. The molecule has 22 heavy (non-hydrogen) atoms. The number of hydrogen-bond donors (Lipinski definition) is 2. The number of ether oxygens (including phenoxy) is 1. The topological polar surface area (TPSA) is 64.3 Å². The normalized spacial score (nSPS) is 11.1. The minimum Gasteiger partial charge on any atom is -0.444 e. The Morgan fingerprint density at radius 1 is 1.14 bits per heavy atom. The SMILES string of the molecule is Cc1cc(NC(=O)OC(C)(C)C)c(N)cc1-c1ccccc1. The number of amides is 1. The van der Waals surface area contributed by atoms with E-state index in [4.69, 9.17) is 10.5 Å². The van der Waals surface area contributed by atoms with E-state index in [0.717, 1.165) is 16.7 Å². The largest absolute Gasteiger partial charge is 0.444 e. The maximum absolute atomic E-state index is 11.9. The van der Waals surface area contributed by atoms with Gasteiger partial charge in [-0.25, -0.2) is 4.79 Å². The molecule has 0 bridgehead atoms. The van der Waals surface area contributed by atoms with E-state index >= 15 is 0 Å². The highest BCUT2D eigenvalue weighted by Crippen LogP contribution is 2.31. The molecule has 0 aromatic heterocycles. The van der Waals surface area contributed by atoms with Crippen molar-refractivity contribution in [1.82, 2.24) is 0 Å². The van der Waals surface area contributed by atoms with Crippen molar-refractivity contribution in [2.24, 2.45) is 0 Å². The predicted octanol–water partition coefficient (Wildman–Crippen LogP) is 4.59. The summed E-state index contributed by atoms with van der Waals surface area (Å²) in [5, 5.41) is 2.70. The van der Waals surface area contributed by atoms with Gasteiger partial charge in [0, 0.05) is 0 Å². The van der Waals surface area contributed by atoms with E-state index in [0.29, 0.717) is 11.4 Å². The second-order valence-corrected chi connectivity index (χ2v) is 6.25. The van der Waals surface area contributed by atoms with Crippen LogP contribution in [0.5, 0.6) is 0 Å². The van der Waals surface area contributed by atoms with Gasteiger partial charge in [0.2, 0.25) is 0 Å². The van der Waals surface area contributed by atoms with Crippen LogP contribution >= 0.6 is 0 Å². The molecule has 2 aromatic rings. The number of aryl methyl sites for hydroxylation is 1. The Labute approximate surface area is 131 Å². The summed E-state index contributed by atoms with van der Waals surface area (Å²) in [6, 6.07) is 13.7. The molecule has 0 radical (unpaired) electrons. The van der Waals surface area contributed by atoms with Crippen LogP contribution in [-0.2, 0) is 4.74 Å². The molecule has 0 aliphatic rings. The van der Waals surface area contributed by atoms with Crippen LogP contribution in [0.2, 0.25) is 0 Å². The van der Waals surface area contributed by atoms with Gasteiger partial charge in [-0.1, -0.05) is 30.3 Å². The first kappa shape index (κ1) is 15.9. The van der Waals surface area contributed by atoms with Crippen molar-refractivity contribution < 1.29 is 9.53 Å². The highest BCUT2D eigenvalue weighted by Gasteiger charge is 2.17. The Kier molecular flexibility index (Phi) is 4.40. The van der Waals surface area contributed by atoms with E-state index < -0.39 is 11.7 Å². The highest BCUT2D eigenvalue weighted by atomic mass is 16.6. The third-order valence-electron chi connectivity index (χ3n) is 3.12. The summed E-state index contributed by atoms with van der Waals surface area (Å²) < 4.78 is 5.25. The number of hydrogen-bond acceptors (Lipinski definition) is 3. The number of anilines is 2. The van der Waals surface area contributed by atoms with Gasteiger partial charge < -0.3 is 10.5 Å². The second kappa shape index (κ2) is 6.10. The first-order valence-electron chi connectivity index (χ1n) is 7.22. The lowest BCUT2D eigenvalue weighted by Crippen LogP contribution is -2.27. The number of nitrogens with one attached hydrogen (secondary N) is 1. The molecular formula is C18H22N2O2. The minimum absolute atomic E-state index is 0.508. The molecule has 116 valence electrons. The third kappa shape index (κ3) is 4.01. The maximum Gasteiger partial charge on any atom is 0.412 e. The number of carbonyl (C=O) groups is 1. The van der Waals surface area contributed by atoms with Crippen LogP contribution in [0.15, 0.2) is 42.5 Å². The van der Waals surface area contributed by atoms with Gasteiger partial charge in [-0.05, 0) is 56.5 Å². The van der Waals surface area contributed by atoms with E-state index in [2.05, 4.69) is 5.32 Å². The molecule has 1 amide bonds. The number of benzene rings is 2. The molecule has 0 fully saturated rings. The van der Waals surface area contributed by atoms with Crippen molar-refractivity contribution in [3.8, 4) is 11.1 Å². The van der Waals surface area contributed by atoms with E-state index in [1.165, 1.54) is 0 Å². The smallest absolute Gasteiger partial charge is 0.412 e.